The molecule has 2 aromatic carbocycles. The Labute approximate surface area is 175 Å². The third kappa shape index (κ3) is 4.27. The Bertz CT molecular complexity index is 1060. The molecule has 2 atom stereocenters. The van der Waals surface area contributed by atoms with Crippen molar-refractivity contribution < 1.29 is 21.6 Å². The van der Waals surface area contributed by atoms with Gasteiger partial charge in [-0.2, -0.15) is 13.2 Å². The van der Waals surface area contributed by atoms with Crippen LogP contribution < -0.4 is 4.90 Å². The van der Waals surface area contributed by atoms with Crippen LogP contribution in [0, 0.1) is 0 Å². The Morgan fingerprint density at radius 1 is 1.14 bits per heavy atom. The number of alkyl halides is 3. The summed E-state index contributed by atoms with van der Waals surface area (Å²) in [4.78, 5) is 6.11. The van der Waals surface area contributed by atoms with Crippen LogP contribution in [0.1, 0.15) is 11.1 Å². The highest BCUT2D eigenvalue weighted by Crippen LogP contribution is 2.41. The maximum Gasteiger partial charge on any atom is 0.416 e. The van der Waals surface area contributed by atoms with Crippen LogP contribution in [0.15, 0.2) is 53.5 Å². The van der Waals surface area contributed by atoms with Crippen molar-refractivity contribution in [1.29, 1.82) is 0 Å². The summed E-state index contributed by atoms with van der Waals surface area (Å²) in [5.74, 6) is 0.280. The van der Waals surface area contributed by atoms with Gasteiger partial charge in [0.05, 0.1) is 39.9 Å². The van der Waals surface area contributed by atoms with E-state index in [0.29, 0.717) is 10.9 Å². The zero-order valence-corrected chi connectivity index (χ0v) is 17.3. The van der Waals surface area contributed by atoms with Crippen molar-refractivity contribution >= 4 is 44.1 Å². The lowest BCUT2D eigenvalue weighted by atomic mass is 10.1. The molecular weight excluding hydrogens is 445 g/mol. The largest absolute Gasteiger partial charge is 0.416 e. The van der Waals surface area contributed by atoms with E-state index in [0.717, 1.165) is 17.7 Å². The number of aliphatic imine (C=N–C) groups is 1. The molecule has 1 saturated heterocycles. The van der Waals surface area contributed by atoms with Gasteiger partial charge in [-0.1, -0.05) is 53.7 Å². The van der Waals surface area contributed by atoms with Crippen LogP contribution in [-0.2, 0) is 21.8 Å². The average molecular weight is 461 g/mol. The average Bonchev–Trinajstić information content (AvgIpc) is 3.11. The number of thioether (sulfide) groups is 1. The molecule has 2 aliphatic heterocycles. The number of fused-ring (bicyclic) bond motifs is 1. The molecule has 2 aliphatic rings. The lowest BCUT2D eigenvalue weighted by Crippen LogP contribution is -2.39. The quantitative estimate of drug-likeness (QED) is 0.670. The molecule has 2 aromatic rings. The second kappa shape index (κ2) is 7.52. The fraction of sp³-hybridized carbons (Fsp3) is 0.316. The minimum atomic E-state index is -4.53. The van der Waals surface area contributed by atoms with Gasteiger partial charge in [0.2, 0.25) is 0 Å². The highest BCUT2D eigenvalue weighted by atomic mass is 35.5. The number of rotatable bonds is 3. The number of anilines is 1. The summed E-state index contributed by atoms with van der Waals surface area (Å²) in [6.07, 6.45) is -4.53. The first-order chi connectivity index (χ1) is 13.6. The minimum absolute atomic E-state index is 0.111. The van der Waals surface area contributed by atoms with Crippen molar-refractivity contribution in [2.24, 2.45) is 4.99 Å². The van der Waals surface area contributed by atoms with E-state index < -0.39 is 33.7 Å². The monoisotopic (exact) mass is 460 g/mol. The van der Waals surface area contributed by atoms with E-state index in [-0.39, 0.29) is 22.2 Å². The van der Waals surface area contributed by atoms with E-state index in [1.54, 1.807) is 4.90 Å². The van der Waals surface area contributed by atoms with Gasteiger partial charge in [-0.15, -0.1) is 0 Å². The van der Waals surface area contributed by atoms with Gasteiger partial charge in [-0.3, -0.25) is 4.99 Å². The van der Waals surface area contributed by atoms with Gasteiger partial charge in [0.25, 0.3) is 0 Å². The molecule has 1 fully saturated rings. The Morgan fingerprint density at radius 2 is 1.86 bits per heavy atom. The Balaban J connectivity index is 1.71. The summed E-state index contributed by atoms with van der Waals surface area (Å²) in [6.45, 7) is 0. The van der Waals surface area contributed by atoms with Gasteiger partial charge in [0.1, 0.15) is 0 Å². The summed E-state index contributed by atoms with van der Waals surface area (Å²) in [7, 11) is -3.31. The predicted molar refractivity (Wildman–Crippen MR) is 110 cm³/mol. The fourth-order valence-corrected chi connectivity index (χ4v) is 6.63. The van der Waals surface area contributed by atoms with Crippen LogP contribution in [0.5, 0.6) is 0 Å². The zero-order valence-electron chi connectivity index (χ0n) is 14.9. The fourth-order valence-electron chi connectivity index (χ4n) is 3.51. The van der Waals surface area contributed by atoms with E-state index in [1.165, 1.54) is 17.8 Å². The van der Waals surface area contributed by atoms with Gasteiger partial charge in [-0.05, 0) is 23.8 Å². The van der Waals surface area contributed by atoms with Crippen molar-refractivity contribution in [1.82, 2.24) is 0 Å². The Kier molecular flexibility index (Phi) is 5.33. The summed E-state index contributed by atoms with van der Waals surface area (Å²) in [5.41, 5.74) is 0.319. The van der Waals surface area contributed by atoms with Crippen molar-refractivity contribution in [3.05, 3.63) is 64.7 Å². The molecule has 10 heteroatoms. The molecule has 0 aromatic heterocycles. The third-order valence-corrected chi connectivity index (χ3v) is 7.91. The van der Waals surface area contributed by atoms with Crippen molar-refractivity contribution in [2.45, 2.75) is 24.0 Å². The molecule has 4 rings (SSSR count). The van der Waals surface area contributed by atoms with E-state index in [9.17, 15) is 21.6 Å². The number of benzene rings is 2. The van der Waals surface area contributed by atoms with Crippen LogP contribution in [0.2, 0.25) is 5.02 Å². The van der Waals surface area contributed by atoms with Crippen molar-refractivity contribution in [3.63, 3.8) is 0 Å². The van der Waals surface area contributed by atoms with Gasteiger partial charge < -0.3 is 4.90 Å². The maximum absolute atomic E-state index is 13.3. The molecule has 0 radical (unpaired) electrons. The SMILES string of the molecule is O=S1(=O)CC2N=C(SCc3ccccc3)N(c3cc(C(F)(F)F)ccc3Cl)C2C1. The summed E-state index contributed by atoms with van der Waals surface area (Å²) in [6, 6.07) is 11.6. The smallest absolute Gasteiger partial charge is 0.313 e. The number of amidine groups is 1. The summed E-state index contributed by atoms with van der Waals surface area (Å²) in [5, 5.41) is 0.607. The van der Waals surface area contributed by atoms with E-state index in [4.69, 9.17) is 11.6 Å². The topological polar surface area (TPSA) is 49.7 Å². The van der Waals surface area contributed by atoms with Crippen molar-refractivity contribution in [2.75, 3.05) is 16.4 Å². The molecule has 2 heterocycles. The molecule has 0 saturated carbocycles. The highest BCUT2D eigenvalue weighted by Gasteiger charge is 2.48. The first-order valence-electron chi connectivity index (χ1n) is 8.75. The Morgan fingerprint density at radius 3 is 2.55 bits per heavy atom. The third-order valence-electron chi connectivity index (χ3n) is 4.85. The van der Waals surface area contributed by atoms with Crippen LogP contribution in [-0.4, -0.2) is 37.2 Å². The summed E-state index contributed by atoms with van der Waals surface area (Å²) < 4.78 is 64.0. The number of halogens is 4. The number of nitrogens with zero attached hydrogens (tertiary/aromatic N) is 2. The molecule has 154 valence electrons. The summed E-state index contributed by atoms with van der Waals surface area (Å²) >= 11 is 7.61. The molecule has 29 heavy (non-hydrogen) atoms. The van der Waals surface area contributed by atoms with Crippen LogP contribution >= 0.6 is 23.4 Å². The first kappa shape index (κ1) is 20.6. The highest BCUT2D eigenvalue weighted by molar-refractivity contribution is 8.13. The number of hydrogen-bond acceptors (Lipinski definition) is 5. The number of sulfone groups is 1. The van der Waals surface area contributed by atoms with Crippen LogP contribution in [0.3, 0.4) is 0 Å². The molecule has 0 N–H and O–H groups in total. The lowest BCUT2D eigenvalue weighted by Gasteiger charge is -2.28. The molecular formula is C19H16ClF3N2O2S2. The second-order valence-corrected chi connectivity index (χ2v) is 10.4. The lowest BCUT2D eigenvalue weighted by molar-refractivity contribution is -0.137. The standard InChI is InChI=1S/C19H16ClF3N2O2S2/c20-14-7-6-13(19(21,22)23)8-16(14)25-17-11-29(26,27)10-15(17)24-18(25)28-9-12-4-2-1-3-5-12/h1-8,15,17H,9-11H2. The normalized spacial score (nSPS) is 23.2. The minimum Gasteiger partial charge on any atom is -0.313 e. The van der Waals surface area contributed by atoms with E-state index >= 15 is 0 Å². The molecule has 2 unspecified atom stereocenters. The molecule has 0 spiro atoms. The van der Waals surface area contributed by atoms with Crippen LogP contribution in [0.4, 0.5) is 18.9 Å². The van der Waals surface area contributed by atoms with Gasteiger partial charge in [-0.25, -0.2) is 8.42 Å². The van der Waals surface area contributed by atoms with Crippen molar-refractivity contribution in [3.8, 4) is 0 Å². The first-order valence-corrected chi connectivity index (χ1v) is 11.9. The van der Waals surface area contributed by atoms with Gasteiger partial charge in [0.15, 0.2) is 15.0 Å². The second-order valence-electron chi connectivity index (χ2n) is 6.93. The maximum atomic E-state index is 13.3. The van der Waals surface area contributed by atoms with Gasteiger partial charge >= 0.3 is 6.18 Å². The van der Waals surface area contributed by atoms with Crippen LogP contribution in [0.25, 0.3) is 0 Å². The van der Waals surface area contributed by atoms with E-state index in [2.05, 4.69) is 4.99 Å². The number of hydrogen-bond donors (Lipinski definition) is 0. The van der Waals surface area contributed by atoms with Gasteiger partial charge in [0, 0.05) is 5.75 Å². The zero-order chi connectivity index (χ0) is 20.8. The molecule has 0 amide bonds. The predicted octanol–water partition coefficient (Wildman–Crippen LogP) is 4.63. The molecule has 0 aliphatic carbocycles. The molecule has 0 bridgehead atoms. The Hall–Kier alpha value is -1.71. The van der Waals surface area contributed by atoms with E-state index in [1.807, 2.05) is 30.3 Å². The molecule has 4 nitrogen and oxygen atoms in total.